The van der Waals surface area contributed by atoms with Crippen LogP contribution in [0.3, 0.4) is 0 Å². The average Bonchev–Trinajstić information content (AvgIpc) is 3.03. The SMILES string of the molecule is CC(=O)c1csc(-c2n[nH]c3ccc([N+](=O)[O-])cc23)c1. The number of hydrogen-bond acceptors (Lipinski definition) is 5. The van der Waals surface area contributed by atoms with E-state index in [0.717, 1.165) is 10.4 Å². The summed E-state index contributed by atoms with van der Waals surface area (Å²) in [5, 5.41) is 20.3. The molecule has 0 aliphatic heterocycles. The van der Waals surface area contributed by atoms with Gasteiger partial charge in [-0.05, 0) is 19.1 Å². The van der Waals surface area contributed by atoms with Crippen molar-refractivity contribution in [1.29, 1.82) is 0 Å². The minimum Gasteiger partial charge on any atom is -0.294 e. The molecule has 6 nitrogen and oxygen atoms in total. The Morgan fingerprint density at radius 1 is 1.40 bits per heavy atom. The van der Waals surface area contributed by atoms with Crippen molar-refractivity contribution < 1.29 is 9.72 Å². The molecule has 7 heteroatoms. The molecule has 0 radical (unpaired) electrons. The Labute approximate surface area is 117 Å². The first-order chi connectivity index (χ1) is 9.56. The molecule has 3 aromatic rings. The minimum atomic E-state index is -0.439. The number of hydrogen-bond donors (Lipinski definition) is 1. The van der Waals surface area contributed by atoms with Gasteiger partial charge < -0.3 is 0 Å². The van der Waals surface area contributed by atoms with Crippen LogP contribution < -0.4 is 0 Å². The third kappa shape index (κ3) is 1.97. The third-order valence-electron chi connectivity index (χ3n) is 3.00. The number of fused-ring (bicyclic) bond motifs is 1. The van der Waals surface area contributed by atoms with E-state index in [-0.39, 0.29) is 11.5 Å². The van der Waals surface area contributed by atoms with Crippen molar-refractivity contribution in [3.8, 4) is 10.6 Å². The number of nitrogens with one attached hydrogen (secondary N) is 1. The molecule has 20 heavy (non-hydrogen) atoms. The highest BCUT2D eigenvalue weighted by Crippen LogP contribution is 2.33. The molecule has 2 heterocycles. The number of non-ortho nitro benzene ring substituents is 1. The first-order valence-corrected chi connectivity index (χ1v) is 6.66. The molecule has 0 aliphatic rings. The van der Waals surface area contributed by atoms with Gasteiger partial charge in [-0.1, -0.05) is 0 Å². The van der Waals surface area contributed by atoms with E-state index < -0.39 is 4.92 Å². The molecule has 0 fully saturated rings. The Morgan fingerprint density at radius 2 is 2.20 bits per heavy atom. The lowest BCUT2D eigenvalue weighted by Gasteiger charge is -1.94. The molecular formula is C13H9N3O3S. The number of ketones is 1. The van der Waals surface area contributed by atoms with Gasteiger partial charge in [0, 0.05) is 28.5 Å². The van der Waals surface area contributed by atoms with Crippen LogP contribution in [-0.2, 0) is 0 Å². The third-order valence-corrected chi connectivity index (χ3v) is 3.93. The summed E-state index contributed by atoms with van der Waals surface area (Å²) in [5.74, 6) is -0.0154. The predicted molar refractivity (Wildman–Crippen MR) is 76.1 cm³/mol. The topological polar surface area (TPSA) is 88.9 Å². The van der Waals surface area contributed by atoms with Crippen molar-refractivity contribution in [1.82, 2.24) is 10.2 Å². The molecular weight excluding hydrogens is 278 g/mol. The molecule has 2 aromatic heterocycles. The smallest absolute Gasteiger partial charge is 0.270 e. The van der Waals surface area contributed by atoms with Crippen molar-refractivity contribution in [2.75, 3.05) is 0 Å². The molecule has 1 N–H and O–H groups in total. The highest BCUT2D eigenvalue weighted by atomic mass is 32.1. The Balaban J connectivity index is 2.17. The van der Waals surface area contributed by atoms with Crippen molar-refractivity contribution >= 4 is 33.7 Å². The molecule has 0 aliphatic carbocycles. The average molecular weight is 287 g/mol. The Hall–Kier alpha value is -2.54. The molecule has 0 amide bonds. The zero-order valence-corrected chi connectivity index (χ0v) is 11.2. The van der Waals surface area contributed by atoms with Crippen molar-refractivity contribution in [2.24, 2.45) is 0 Å². The molecule has 1 aromatic carbocycles. The highest BCUT2D eigenvalue weighted by Gasteiger charge is 2.15. The molecule has 0 saturated heterocycles. The lowest BCUT2D eigenvalue weighted by Crippen LogP contribution is -1.87. The van der Waals surface area contributed by atoms with Gasteiger partial charge >= 0.3 is 0 Å². The van der Waals surface area contributed by atoms with Gasteiger partial charge in [-0.25, -0.2) is 0 Å². The van der Waals surface area contributed by atoms with Crippen LogP contribution in [-0.4, -0.2) is 20.9 Å². The summed E-state index contributed by atoms with van der Waals surface area (Å²) < 4.78 is 0. The number of nitro groups is 1. The standard InChI is InChI=1S/C13H9N3O3S/c1-7(17)8-4-12(20-6-8)13-10-5-9(16(18)19)2-3-11(10)14-15-13/h2-6H,1H3,(H,14,15). The molecule has 0 unspecified atom stereocenters. The van der Waals surface area contributed by atoms with E-state index in [4.69, 9.17) is 0 Å². The number of nitrogens with zero attached hydrogens (tertiary/aromatic N) is 2. The Kier molecular flexibility index (Phi) is 2.83. The van der Waals surface area contributed by atoms with Crippen LogP contribution >= 0.6 is 11.3 Å². The van der Waals surface area contributed by atoms with E-state index in [2.05, 4.69) is 10.2 Å². The molecule has 0 saturated carbocycles. The Bertz CT molecular complexity index is 834. The fourth-order valence-corrected chi connectivity index (χ4v) is 2.90. The predicted octanol–water partition coefficient (Wildman–Crippen LogP) is 3.40. The summed E-state index contributed by atoms with van der Waals surface area (Å²) in [7, 11) is 0. The number of thiophene rings is 1. The van der Waals surface area contributed by atoms with Gasteiger partial charge in [-0.3, -0.25) is 20.0 Å². The van der Waals surface area contributed by atoms with Crippen LogP contribution in [0.1, 0.15) is 17.3 Å². The summed E-state index contributed by atoms with van der Waals surface area (Å²) >= 11 is 1.39. The summed E-state index contributed by atoms with van der Waals surface area (Å²) in [6.45, 7) is 1.50. The van der Waals surface area contributed by atoms with E-state index in [0.29, 0.717) is 16.6 Å². The number of Topliss-reactive ketones (excluding diaryl/α,β-unsaturated/α-hetero) is 1. The van der Waals surface area contributed by atoms with E-state index >= 15 is 0 Å². The zero-order chi connectivity index (χ0) is 14.3. The van der Waals surface area contributed by atoms with Crippen molar-refractivity contribution in [3.63, 3.8) is 0 Å². The highest BCUT2D eigenvalue weighted by molar-refractivity contribution is 7.14. The van der Waals surface area contributed by atoms with Crippen LogP contribution in [0, 0.1) is 10.1 Å². The maximum atomic E-state index is 11.3. The van der Waals surface area contributed by atoms with Gasteiger partial charge in [-0.15, -0.1) is 11.3 Å². The molecule has 0 spiro atoms. The van der Waals surface area contributed by atoms with Gasteiger partial charge in [0.1, 0.15) is 5.69 Å². The molecule has 0 atom stereocenters. The quantitative estimate of drug-likeness (QED) is 0.454. The van der Waals surface area contributed by atoms with Gasteiger partial charge in [0.15, 0.2) is 5.78 Å². The second-order valence-corrected chi connectivity index (χ2v) is 5.23. The Morgan fingerprint density at radius 3 is 2.85 bits per heavy atom. The monoisotopic (exact) mass is 287 g/mol. The number of aromatic amines is 1. The van der Waals surface area contributed by atoms with Gasteiger partial charge in [0.2, 0.25) is 0 Å². The lowest BCUT2D eigenvalue weighted by molar-refractivity contribution is -0.384. The summed E-state index contributed by atoms with van der Waals surface area (Å²) in [4.78, 5) is 22.5. The van der Waals surface area contributed by atoms with Crippen LogP contribution in [0.4, 0.5) is 5.69 Å². The maximum Gasteiger partial charge on any atom is 0.270 e. The van der Waals surface area contributed by atoms with Crippen molar-refractivity contribution in [2.45, 2.75) is 6.92 Å². The van der Waals surface area contributed by atoms with Gasteiger partial charge in [0.25, 0.3) is 5.69 Å². The zero-order valence-electron chi connectivity index (χ0n) is 10.4. The van der Waals surface area contributed by atoms with Crippen LogP contribution in [0.15, 0.2) is 29.6 Å². The number of carbonyl (C=O) groups is 1. The van der Waals surface area contributed by atoms with Crippen LogP contribution in [0.5, 0.6) is 0 Å². The molecule has 0 bridgehead atoms. The summed E-state index contributed by atoms with van der Waals surface area (Å²) in [5.41, 5.74) is 1.99. The summed E-state index contributed by atoms with van der Waals surface area (Å²) in [6, 6.07) is 6.30. The first kappa shape index (κ1) is 12.5. The number of nitro benzene ring substituents is 1. The van der Waals surface area contributed by atoms with E-state index in [1.165, 1.54) is 30.4 Å². The van der Waals surface area contributed by atoms with E-state index in [9.17, 15) is 14.9 Å². The number of rotatable bonds is 3. The number of H-pyrrole nitrogens is 1. The van der Waals surface area contributed by atoms with Gasteiger partial charge in [0.05, 0.1) is 15.3 Å². The largest absolute Gasteiger partial charge is 0.294 e. The van der Waals surface area contributed by atoms with E-state index in [1.54, 1.807) is 17.5 Å². The van der Waals surface area contributed by atoms with Crippen LogP contribution in [0.2, 0.25) is 0 Å². The van der Waals surface area contributed by atoms with E-state index in [1.807, 2.05) is 0 Å². The number of carbonyl (C=O) groups excluding carboxylic acids is 1. The normalized spacial score (nSPS) is 10.8. The lowest BCUT2D eigenvalue weighted by atomic mass is 10.1. The fourth-order valence-electron chi connectivity index (χ4n) is 1.95. The first-order valence-electron chi connectivity index (χ1n) is 5.78. The maximum absolute atomic E-state index is 11.3. The van der Waals surface area contributed by atoms with Crippen molar-refractivity contribution in [3.05, 3.63) is 45.3 Å². The minimum absolute atomic E-state index is 0.0154. The summed E-state index contributed by atoms with van der Waals surface area (Å²) in [6.07, 6.45) is 0. The van der Waals surface area contributed by atoms with Gasteiger partial charge in [-0.2, -0.15) is 5.10 Å². The van der Waals surface area contributed by atoms with Crippen LogP contribution in [0.25, 0.3) is 21.5 Å². The number of aromatic nitrogens is 2. The second kappa shape index (κ2) is 4.53. The molecule has 3 rings (SSSR count). The second-order valence-electron chi connectivity index (χ2n) is 4.32. The molecule has 100 valence electrons. The fraction of sp³-hybridized carbons (Fsp3) is 0.0769. The number of benzene rings is 1.